The van der Waals surface area contributed by atoms with Gasteiger partial charge in [0, 0.05) is 6.04 Å². The molecule has 14 heavy (non-hydrogen) atoms. The Balaban J connectivity index is 2.01. The van der Waals surface area contributed by atoms with Crippen LogP contribution >= 0.6 is 12.8 Å². The lowest BCUT2D eigenvalue weighted by Gasteiger charge is -2.27. The van der Waals surface area contributed by atoms with Gasteiger partial charge in [-0.2, -0.15) is 0 Å². The maximum atomic E-state index is 5.65. The van der Waals surface area contributed by atoms with Crippen LogP contribution in [-0.2, 0) is 9.47 Å². The van der Waals surface area contributed by atoms with Crippen LogP contribution < -0.4 is 4.72 Å². The van der Waals surface area contributed by atoms with E-state index in [1.54, 1.807) is 0 Å². The third kappa shape index (κ3) is 4.35. The highest BCUT2D eigenvalue weighted by atomic mass is 32.1. The average Bonchev–Trinajstić information content (AvgIpc) is 2.25. The number of rotatable bonds is 6. The zero-order valence-corrected chi connectivity index (χ0v) is 9.34. The molecule has 0 aromatic rings. The molecule has 0 heterocycles. The molecular formula is C10H19NO2S. The minimum atomic E-state index is 0.404. The SMILES string of the molecule is C=COCCOC1CCC(NS)CC1. The van der Waals surface area contributed by atoms with Crippen molar-refractivity contribution in [3.63, 3.8) is 0 Å². The summed E-state index contributed by atoms with van der Waals surface area (Å²) in [6.45, 7) is 4.74. The highest BCUT2D eigenvalue weighted by Gasteiger charge is 2.20. The Labute approximate surface area is 91.4 Å². The first kappa shape index (κ1) is 11.9. The van der Waals surface area contributed by atoms with Gasteiger partial charge in [0.25, 0.3) is 0 Å². The lowest BCUT2D eigenvalue weighted by molar-refractivity contribution is 0.00300. The standard InChI is InChI=1S/C10H19NO2S/c1-2-12-7-8-13-10-5-3-9(11-14)4-6-10/h2,9-11,14H,1,3-8H2. The quantitative estimate of drug-likeness (QED) is 0.405. The minimum absolute atomic E-state index is 0.404. The van der Waals surface area contributed by atoms with Gasteiger partial charge in [-0.25, -0.2) is 0 Å². The van der Waals surface area contributed by atoms with Crippen molar-refractivity contribution in [1.29, 1.82) is 0 Å². The van der Waals surface area contributed by atoms with Crippen LogP contribution in [0, 0.1) is 0 Å². The molecule has 1 aliphatic carbocycles. The van der Waals surface area contributed by atoms with Crippen LogP contribution in [0.25, 0.3) is 0 Å². The zero-order chi connectivity index (χ0) is 10.2. The highest BCUT2D eigenvalue weighted by Crippen LogP contribution is 2.21. The Morgan fingerprint density at radius 3 is 2.57 bits per heavy atom. The second kappa shape index (κ2) is 7.15. The maximum absolute atomic E-state index is 5.65. The van der Waals surface area contributed by atoms with Gasteiger partial charge < -0.3 is 9.47 Å². The maximum Gasteiger partial charge on any atom is 0.111 e. The van der Waals surface area contributed by atoms with Crippen molar-refractivity contribution in [3.8, 4) is 0 Å². The fourth-order valence-corrected chi connectivity index (χ4v) is 1.96. The summed E-state index contributed by atoms with van der Waals surface area (Å²) in [7, 11) is 0. The van der Waals surface area contributed by atoms with Crippen LogP contribution in [0.5, 0.6) is 0 Å². The molecule has 0 saturated heterocycles. The van der Waals surface area contributed by atoms with Crippen LogP contribution in [0.2, 0.25) is 0 Å². The molecule has 0 aromatic carbocycles. The lowest BCUT2D eigenvalue weighted by atomic mass is 9.94. The molecule has 1 fully saturated rings. The van der Waals surface area contributed by atoms with E-state index in [2.05, 4.69) is 24.1 Å². The minimum Gasteiger partial charge on any atom is -0.499 e. The molecule has 0 aromatic heterocycles. The Bertz CT molecular complexity index is 158. The summed E-state index contributed by atoms with van der Waals surface area (Å²) >= 11 is 4.07. The molecule has 1 N–H and O–H groups in total. The van der Waals surface area contributed by atoms with E-state index >= 15 is 0 Å². The monoisotopic (exact) mass is 217 g/mol. The molecule has 1 saturated carbocycles. The van der Waals surface area contributed by atoms with Gasteiger partial charge in [0.15, 0.2) is 0 Å². The first-order valence-corrected chi connectivity index (χ1v) is 5.55. The molecule has 0 spiro atoms. The predicted molar refractivity (Wildman–Crippen MR) is 60.3 cm³/mol. The average molecular weight is 217 g/mol. The van der Waals surface area contributed by atoms with Gasteiger partial charge in [-0.3, -0.25) is 4.72 Å². The van der Waals surface area contributed by atoms with Gasteiger partial charge in [0.1, 0.15) is 6.61 Å². The Kier molecular flexibility index (Phi) is 6.07. The second-order valence-corrected chi connectivity index (χ2v) is 3.77. The van der Waals surface area contributed by atoms with Crippen LogP contribution in [0.1, 0.15) is 25.7 Å². The summed E-state index contributed by atoms with van der Waals surface area (Å²) in [5, 5.41) is 0. The van der Waals surface area contributed by atoms with Crippen LogP contribution in [-0.4, -0.2) is 25.4 Å². The summed E-state index contributed by atoms with van der Waals surface area (Å²) in [4.78, 5) is 0. The molecule has 0 unspecified atom stereocenters. The molecule has 3 nitrogen and oxygen atoms in total. The number of hydrogen-bond donors (Lipinski definition) is 2. The predicted octanol–water partition coefficient (Wildman–Crippen LogP) is 1.91. The second-order valence-electron chi connectivity index (χ2n) is 3.51. The topological polar surface area (TPSA) is 30.5 Å². The molecule has 0 radical (unpaired) electrons. The first-order valence-electron chi connectivity index (χ1n) is 5.10. The molecule has 0 atom stereocenters. The van der Waals surface area contributed by atoms with Crippen LogP contribution in [0.15, 0.2) is 12.8 Å². The molecule has 1 rings (SSSR count). The van der Waals surface area contributed by atoms with Gasteiger partial charge in [0.2, 0.25) is 0 Å². The Morgan fingerprint density at radius 2 is 2.00 bits per heavy atom. The van der Waals surface area contributed by atoms with Crippen molar-refractivity contribution in [2.24, 2.45) is 0 Å². The lowest BCUT2D eigenvalue weighted by Crippen LogP contribution is -2.31. The number of nitrogens with one attached hydrogen (secondary N) is 1. The van der Waals surface area contributed by atoms with E-state index in [9.17, 15) is 0 Å². The van der Waals surface area contributed by atoms with Gasteiger partial charge >= 0.3 is 0 Å². The van der Waals surface area contributed by atoms with Gasteiger partial charge in [0.05, 0.1) is 19.0 Å². The van der Waals surface area contributed by atoms with Crippen molar-refractivity contribution in [2.75, 3.05) is 13.2 Å². The smallest absolute Gasteiger partial charge is 0.111 e. The van der Waals surface area contributed by atoms with E-state index in [-0.39, 0.29) is 0 Å². The summed E-state index contributed by atoms with van der Waals surface area (Å²) < 4.78 is 13.6. The largest absolute Gasteiger partial charge is 0.499 e. The first-order chi connectivity index (χ1) is 6.86. The molecule has 1 aliphatic rings. The molecule has 4 heteroatoms. The van der Waals surface area contributed by atoms with Gasteiger partial charge in [-0.15, -0.1) is 0 Å². The van der Waals surface area contributed by atoms with E-state index in [4.69, 9.17) is 9.47 Å². The molecule has 0 bridgehead atoms. The highest BCUT2D eigenvalue weighted by molar-refractivity contribution is 7.78. The van der Waals surface area contributed by atoms with Gasteiger partial charge in [-0.05, 0) is 25.7 Å². The summed E-state index contributed by atoms with van der Waals surface area (Å²) in [5.74, 6) is 0. The number of ether oxygens (including phenoxy) is 2. The fourth-order valence-electron chi connectivity index (χ4n) is 1.70. The van der Waals surface area contributed by atoms with Crippen molar-refractivity contribution < 1.29 is 9.47 Å². The molecule has 0 amide bonds. The van der Waals surface area contributed by atoms with Crippen molar-refractivity contribution in [1.82, 2.24) is 4.72 Å². The van der Waals surface area contributed by atoms with E-state index in [0.29, 0.717) is 25.4 Å². The molecule has 82 valence electrons. The van der Waals surface area contributed by atoms with Crippen molar-refractivity contribution in [2.45, 2.75) is 37.8 Å². The molecule has 0 aliphatic heterocycles. The van der Waals surface area contributed by atoms with E-state index in [1.165, 1.54) is 6.26 Å². The number of thiol groups is 1. The van der Waals surface area contributed by atoms with Crippen LogP contribution in [0.4, 0.5) is 0 Å². The van der Waals surface area contributed by atoms with E-state index in [0.717, 1.165) is 25.7 Å². The van der Waals surface area contributed by atoms with Gasteiger partial charge in [-0.1, -0.05) is 19.4 Å². The number of hydrogen-bond acceptors (Lipinski definition) is 4. The Morgan fingerprint density at radius 1 is 1.29 bits per heavy atom. The molecular weight excluding hydrogens is 198 g/mol. The summed E-state index contributed by atoms with van der Waals surface area (Å²) in [6, 6.07) is 0.558. The van der Waals surface area contributed by atoms with E-state index in [1.807, 2.05) is 0 Å². The van der Waals surface area contributed by atoms with Crippen LogP contribution in [0.3, 0.4) is 0 Å². The van der Waals surface area contributed by atoms with Crippen molar-refractivity contribution >= 4 is 12.8 Å². The zero-order valence-electron chi connectivity index (χ0n) is 8.45. The van der Waals surface area contributed by atoms with Crippen molar-refractivity contribution in [3.05, 3.63) is 12.8 Å². The third-order valence-corrected chi connectivity index (χ3v) is 2.89. The fraction of sp³-hybridized carbons (Fsp3) is 0.800. The summed E-state index contributed by atoms with van der Waals surface area (Å²) in [5.41, 5.74) is 0. The Hall–Kier alpha value is -0.190. The third-order valence-electron chi connectivity index (χ3n) is 2.53. The van der Waals surface area contributed by atoms with E-state index < -0.39 is 0 Å². The normalized spacial score (nSPS) is 27.2. The summed E-state index contributed by atoms with van der Waals surface area (Å²) in [6.07, 6.45) is 6.39.